The zero-order chi connectivity index (χ0) is 14.9. The van der Waals surface area contributed by atoms with Crippen LogP contribution in [0.1, 0.15) is 110 Å². The molecule has 0 aromatic carbocycles. The first-order valence-electron chi connectivity index (χ1n) is 9.26. The Labute approximate surface area is 161 Å². The summed E-state index contributed by atoms with van der Waals surface area (Å²) in [7, 11) is 0. The van der Waals surface area contributed by atoms with Gasteiger partial charge in [-0.05, 0) is 0 Å². The molecule has 2 heteroatoms. The molecule has 1 nitrogen and oxygen atoms in total. The Hall–Kier alpha value is 1.31. The van der Waals surface area contributed by atoms with Gasteiger partial charge < -0.3 is 0 Å². The molecule has 0 atom stereocenters. The zero-order valence-electron chi connectivity index (χ0n) is 14.2. The second-order valence-corrected chi connectivity index (χ2v) is 8.14. The summed E-state index contributed by atoms with van der Waals surface area (Å²) >= 11 is 0.420. The van der Waals surface area contributed by atoms with E-state index < -0.39 is 0 Å². The van der Waals surface area contributed by atoms with Crippen molar-refractivity contribution in [2.75, 3.05) is 0 Å². The van der Waals surface area contributed by atoms with E-state index in [9.17, 15) is 4.79 Å². The van der Waals surface area contributed by atoms with Crippen molar-refractivity contribution in [2.45, 2.75) is 110 Å². The molecule has 0 bridgehead atoms. The molecule has 0 aliphatic rings. The van der Waals surface area contributed by atoms with E-state index in [2.05, 4.69) is 6.92 Å². The van der Waals surface area contributed by atoms with Crippen LogP contribution < -0.4 is 0 Å². The van der Waals surface area contributed by atoms with Crippen LogP contribution in [0.5, 0.6) is 0 Å². The van der Waals surface area contributed by atoms with Gasteiger partial charge in [-0.1, -0.05) is 39.0 Å². The van der Waals surface area contributed by atoms with Crippen LogP contribution >= 0.6 is 0 Å². The van der Waals surface area contributed by atoms with Crippen LogP contribution in [0.3, 0.4) is 0 Å². The molecule has 0 fully saturated rings. The Bertz CT molecular complexity index is 204. The van der Waals surface area contributed by atoms with E-state index >= 15 is 0 Å². The SMILES string of the molecule is CCCCCCCCCCCCCCCCC[C](=O)[K]. The van der Waals surface area contributed by atoms with Crippen LogP contribution in [0.4, 0.5) is 0 Å². The molecule has 0 heterocycles. The molecule has 0 saturated heterocycles. The predicted molar refractivity (Wildman–Crippen MR) is 90.3 cm³/mol. The quantitative estimate of drug-likeness (QED) is 0.255. The van der Waals surface area contributed by atoms with Gasteiger partial charge in [-0.25, -0.2) is 0 Å². The van der Waals surface area contributed by atoms with E-state index in [4.69, 9.17) is 0 Å². The molecule has 0 spiro atoms. The van der Waals surface area contributed by atoms with Gasteiger partial charge in [0.25, 0.3) is 0 Å². The third kappa shape index (κ3) is 19.3. The Morgan fingerprint density at radius 2 is 0.900 bits per heavy atom. The molecule has 0 aliphatic heterocycles. The average molecular weight is 307 g/mol. The van der Waals surface area contributed by atoms with Gasteiger partial charge in [0.15, 0.2) is 0 Å². The van der Waals surface area contributed by atoms with Gasteiger partial charge in [0, 0.05) is 0 Å². The number of carbonyl (C=O) groups is 1. The fraction of sp³-hybridized carbons (Fsp3) is 0.944. The fourth-order valence-corrected chi connectivity index (χ4v) is 3.30. The third-order valence-corrected chi connectivity index (χ3v) is 4.91. The zero-order valence-corrected chi connectivity index (χ0v) is 17.3. The maximum atomic E-state index is 10.9. The van der Waals surface area contributed by atoms with E-state index in [1.165, 1.54) is 89.9 Å². The van der Waals surface area contributed by atoms with Crippen LogP contribution in [-0.4, -0.2) is 48.8 Å². The van der Waals surface area contributed by atoms with Crippen molar-refractivity contribution >= 4 is 48.8 Å². The number of hydrogen-bond donors (Lipinski definition) is 0. The maximum absolute atomic E-state index is 10.9. The molecule has 0 unspecified atom stereocenters. The standard InChI is InChI=1S/C18H35O.K/c1-2-3-4-5-6-7-8-9-10-11-12-13-14-15-16-17-18-19;/h2-17H2,1H3;. The van der Waals surface area contributed by atoms with Crippen molar-refractivity contribution in [3.05, 3.63) is 0 Å². The van der Waals surface area contributed by atoms with Crippen LogP contribution in [0.25, 0.3) is 0 Å². The number of hydrogen-bond acceptors (Lipinski definition) is 1. The van der Waals surface area contributed by atoms with Gasteiger partial charge in [-0.3, -0.25) is 0 Å². The summed E-state index contributed by atoms with van der Waals surface area (Å²) in [6.45, 7) is 2.28. The second-order valence-electron chi connectivity index (χ2n) is 6.40. The van der Waals surface area contributed by atoms with Crippen LogP contribution in [0, 0.1) is 0 Å². The third-order valence-electron chi connectivity index (χ3n) is 4.13. The summed E-state index contributed by atoms with van der Waals surface area (Å²) in [6, 6.07) is 0. The number of rotatable bonds is 16. The van der Waals surface area contributed by atoms with Gasteiger partial charge in [-0.15, -0.1) is 0 Å². The molecular formula is C18H35KO. The minimum atomic E-state index is 0.420. The van der Waals surface area contributed by atoms with Crippen molar-refractivity contribution in [1.82, 2.24) is 0 Å². The van der Waals surface area contributed by atoms with Crippen molar-refractivity contribution in [3.8, 4) is 0 Å². The normalized spacial score (nSPS) is 10.9. The number of unbranched alkanes of at least 4 members (excludes halogenated alkanes) is 14. The molecular weight excluding hydrogens is 271 g/mol. The molecule has 0 aromatic heterocycles. The molecule has 20 heavy (non-hydrogen) atoms. The summed E-state index contributed by atoms with van der Waals surface area (Å²) in [5, 5.41) is 0. The van der Waals surface area contributed by atoms with Crippen molar-refractivity contribution in [1.29, 1.82) is 0 Å². The monoisotopic (exact) mass is 306 g/mol. The summed E-state index contributed by atoms with van der Waals surface area (Å²) < 4.78 is 0.534. The Balaban J connectivity index is 2.94. The molecule has 0 saturated carbocycles. The Morgan fingerprint density at radius 1 is 0.600 bits per heavy atom. The average Bonchev–Trinajstić information content (AvgIpc) is 2.43. The van der Waals surface area contributed by atoms with Crippen LogP contribution in [0.2, 0.25) is 0 Å². The van der Waals surface area contributed by atoms with Crippen LogP contribution in [-0.2, 0) is 4.79 Å². The molecule has 0 amide bonds. The molecule has 0 radical (unpaired) electrons. The number of carbonyl (C=O) groups excluding carboxylic acids is 1. The topological polar surface area (TPSA) is 17.1 Å². The first-order valence-corrected chi connectivity index (χ1v) is 10.8. The summed E-state index contributed by atoms with van der Waals surface area (Å²) in [4.78, 5) is 10.9. The van der Waals surface area contributed by atoms with Gasteiger partial charge in [0.1, 0.15) is 0 Å². The van der Waals surface area contributed by atoms with E-state index in [0.717, 1.165) is 12.8 Å². The Kier molecular flexibility index (Phi) is 19.6. The van der Waals surface area contributed by atoms with Gasteiger partial charge in [0.05, 0.1) is 0 Å². The van der Waals surface area contributed by atoms with Crippen molar-refractivity contribution in [2.24, 2.45) is 0 Å². The minimum absolute atomic E-state index is 0.420. The fourth-order valence-electron chi connectivity index (χ4n) is 2.75. The van der Waals surface area contributed by atoms with Gasteiger partial charge in [-0.2, -0.15) is 0 Å². The van der Waals surface area contributed by atoms with Crippen LogP contribution in [0.15, 0.2) is 0 Å². The van der Waals surface area contributed by atoms with E-state index in [0.29, 0.717) is 48.8 Å². The summed E-state index contributed by atoms with van der Waals surface area (Å²) in [5.41, 5.74) is 0. The summed E-state index contributed by atoms with van der Waals surface area (Å²) in [6.07, 6.45) is 21.8. The molecule has 0 aliphatic carbocycles. The first-order chi connectivity index (χ1) is 9.77. The summed E-state index contributed by atoms with van der Waals surface area (Å²) in [5.74, 6) is 0. The van der Waals surface area contributed by atoms with Gasteiger partial charge in [0.2, 0.25) is 0 Å². The molecule has 0 aromatic rings. The van der Waals surface area contributed by atoms with E-state index in [1.807, 2.05) is 0 Å². The molecule has 0 rings (SSSR count). The van der Waals surface area contributed by atoms with Gasteiger partial charge >= 0.3 is 124 Å². The molecule has 114 valence electrons. The first kappa shape index (κ1) is 21.3. The second kappa shape index (κ2) is 18.4. The van der Waals surface area contributed by atoms with Crippen molar-refractivity contribution < 1.29 is 4.79 Å². The Morgan fingerprint density at radius 3 is 1.20 bits per heavy atom. The van der Waals surface area contributed by atoms with Crippen molar-refractivity contribution in [3.63, 3.8) is 0 Å². The van der Waals surface area contributed by atoms with E-state index in [1.54, 1.807) is 0 Å². The van der Waals surface area contributed by atoms with E-state index in [-0.39, 0.29) is 0 Å². The predicted octanol–water partition coefficient (Wildman–Crippen LogP) is 5.94. The molecule has 0 N–H and O–H groups in total.